The first kappa shape index (κ1) is 23.3. The highest BCUT2D eigenvalue weighted by Gasteiger charge is 2.32. The number of halogens is 3. The smallest absolute Gasteiger partial charge is 0.433 e. The predicted molar refractivity (Wildman–Crippen MR) is 107 cm³/mol. The molecule has 1 N–H and O–H groups in total. The molecule has 1 fully saturated rings. The summed E-state index contributed by atoms with van der Waals surface area (Å²) < 4.78 is 43.6. The van der Waals surface area contributed by atoms with Crippen LogP contribution in [-0.4, -0.2) is 46.3 Å². The standard InChI is InChI=1S/C21H24F3N3O3/c1-4-9-25-19(16-7-10-27(11-8-16)13-14(2)20(28)29)15(3)30-17-5-6-18(26-12-17)21(22,23)24/h4-6,9,12,16H,2-3,7-8,10-11,13H2,1H3,(H,28,29)/b9-4-,25-19+. The number of rotatable bonds is 8. The summed E-state index contributed by atoms with van der Waals surface area (Å²) in [6, 6.07) is 2.04. The van der Waals surface area contributed by atoms with Crippen LogP contribution in [0, 0.1) is 5.92 Å². The third-order valence-corrected chi connectivity index (χ3v) is 4.61. The molecule has 0 radical (unpaired) electrons. The van der Waals surface area contributed by atoms with E-state index in [2.05, 4.69) is 23.1 Å². The lowest BCUT2D eigenvalue weighted by atomic mass is 9.90. The van der Waals surface area contributed by atoms with E-state index in [1.807, 2.05) is 11.8 Å². The molecule has 1 aliphatic rings. The Morgan fingerprint density at radius 3 is 2.53 bits per heavy atom. The van der Waals surface area contributed by atoms with E-state index >= 15 is 0 Å². The molecule has 2 heterocycles. The van der Waals surface area contributed by atoms with Gasteiger partial charge in [-0.25, -0.2) is 9.78 Å². The highest BCUT2D eigenvalue weighted by Crippen LogP contribution is 2.29. The normalized spacial score (nSPS) is 16.6. The summed E-state index contributed by atoms with van der Waals surface area (Å²) in [5, 5.41) is 8.98. The van der Waals surface area contributed by atoms with Gasteiger partial charge in [-0.2, -0.15) is 13.2 Å². The molecule has 9 heteroatoms. The van der Waals surface area contributed by atoms with Crippen LogP contribution in [0.2, 0.25) is 0 Å². The van der Waals surface area contributed by atoms with Crippen LogP contribution in [0.15, 0.2) is 60.1 Å². The maximum atomic E-state index is 12.7. The number of allylic oxidation sites excluding steroid dienone is 2. The van der Waals surface area contributed by atoms with Crippen molar-refractivity contribution in [3.63, 3.8) is 0 Å². The van der Waals surface area contributed by atoms with Crippen LogP contribution in [0.25, 0.3) is 0 Å². The van der Waals surface area contributed by atoms with Crippen LogP contribution in [0.4, 0.5) is 13.2 Å². The lowest BCUT2D eigenvalue weighted by Crippen LogP contribution is -2.38. The Balaban J connectivity index is 2.05. The third kappa shape index (κ3) is 6.55. The van der Waals surface area contributed by atoms with Crippen molar-refractivity contribution in [2.75, 3.05) is 19.6 Å². The van der Waals surface area contributed by atoms with Gasteiger partial charge in [0.2, 0.25) is 0 Å². The van der Waals surface area contributed by atoms with Crippen molar-refractivity contribution in [2.24, 2.45) is 10.9 Å². The SMILES string of the molecule is C=C(CN1CCC(/C(=N/C=C\C)C(=C)Oc2ccc(C(F)(F)F)nc2)CC1)C(=O)O. The van der Waals surface area contributed by atoms with E-state index < -0.39 is 17.8 Å². The number of pyridine rings is 1. The largest absolute Gasteiger partial charge is 0.478 e. The minimum Gasteiger partial charge on any atom is -0.478 e. The molecule has 1 aromatic rings. The maximum Gasteiger partial charge on any atom is 0.433 e. The van der Waals surface area contributed by atoms with Gasteiger partial charge in [-0.15, -0.1) is 0 Å². The second kappa shape index (κ2) is 10.2. The third-order valence-electron chi connectivity index (χ3n) is 4.61. The summed E-state index contributed by atoms with van der Waals surface area (Å²) in [5.74, 6) is -0.621. The minimum atomic E-state index is -4.52. The van der Waals surface area contributed by atoms with Gasteiger partial charge >= 0.3 is 12.1 Å². The topological polar surface area (TPSA) is 75.0 Å². The molecule has 162 valence electrons. The van der Waals surface area contributed by atoms with Crippen molar-refractivity contribution in [3.05, 3.63) is 60.8 Å². The zero-order valence-corrected chi connectivity index (χ0v) is 16.7. The van der Waals surface area contributed by atoms with Gasteiger partial charge in [0, 0.05) is 24.2 Å². The first-order chi connectivity index (χ1) is 14.1. The number of carboxylic acids is 1. The van der Waals surface area contributed by atoms with E-state index in [9.17, 15) is 18.0 Å². The first-order valence-corrected chi connectivity index (χ1v) is 9.34. The number of carboxylic acid groups (broad SMARTS) is 1. The zero-order chi connectivity index (χ0) is 22.3. The lowest BCUT2D eigenvalue weighted by Gasteiger charge is -2.32. The molecule has 0 aromatic carbocycles. The van der Waals surface area contributed by atoms with Gasteiger partial charge in [-0.05, 0) is 45.0 Å². The van der Waals surface area contributed by atoms with Gasteiger partial charge in [0.25, 0.3) is 0 Å². The molecule has 0 unspecified atom stereocenters. The fraction of sp³-hybridized carbons (Fsp3) is 0.381. The van der Waals surface area contributed by atoms with E-state index in [-0.39, 0.29) is 29.5 Å². The highest BCUT2D eigenvalue weighted by atomic mass is 19.4. The quantitative estimate of drug-likeness (QED) is 0.383. The van der Waals surface area contributed by atoms with Crippen molar-refractivity contribution in [1.29, 1.82) is 0 Å². The number of nitrogens with zero attached hydrogens (tertiary/aromatic N) is 3. The molecule has 0 spiro atoms. The molecule has 1 aliphatic heterocycles. The second-order valence-corrected chi connectivity index (χ2v) is 6.86. The van der Waals surface area contributed by atoms with Crippen molar-refractivity contribution < 1.29 is 27.8 Å². The van der Waals surface area contributed by atoms with Gasteiger partial charge in [0.15, 0.2) is 0 Å². The van der Waals surface area contributed by atoms with Gasteiger partial charge in [0.1, 0.15) is 17.2 Å². The summed E-state index contributed by atoms with van der Waals surface area (Å²) in [6.45, 7) is 10.9. The number of likely N-dealkylation sites (tertiary alicyclic amines) is 1. The number of alkyl halides is 3. The Hall–Kier alpha value is -2.94. The Morgan fingerprint density at radius 1 is 1.37 bits per heavy atom. The Kier molecular flexibility index (Phi) is 7.93. The van der Waals surface area contributed by atoms with Crippen LogP contribution < -0.4 is 4.74 Å². The van der Waals surface area contributed by atoms with Gasteiger partial charge in [-0.1, -0.05) is 19.2 Å². The maximum absolute atomic E-state index is 12.7. The molecular formula is C21H24F3N3O3. The average Bonchev–Trinajstić information content (AvgIpc) is 2.69. The van der Waals surface area contributed by atoms with Crippen molar-refractivity contribution in [2.45, 2.75) is 25.9 Å². The van der Waals surface area contributed by atoms with Crippen LogP contribution in [0.1, 0.15) is 25.5 Å². The Labute approximate surface area is 173 Å². The number of aliphatic imine (C=N–C) groups is 1. The summed E-state index contributed by atoms with van der Waals surface area (Å²) >= 11 is 0. The number of ether oxygens (including phenoxy) is 1. The molecule has 0 amide bonds. The summed E-state index contributed by atoms with van der Waals surface area (Å²) in [6.07, 6.45) is 1.25. The second-order valence-electron chi connectivity index (χ2n) is 6.86. The molecule has 1 saturated heterocycles. The van der Waals surface area contributed by atoms with Gasteiger partial charge in [0.05, 0.1) is 11.9 Å². The number of piperidine rings is 1. The fourth-order valence-corrected chi connectivity index (χ4v) is 3.06. The molecule has 30 heavy (non-hydrogen) atoms. The molecule has 1 aromatic heterocycles. The number of hydrogen-bond donors (Lipinski definition) is 1. The van der Waals surface area contributed by atoms with E-state index in [0.717, 1.165) is 12.3 Å². The highest BCUT2D eigenvalue weighted by molar-refractivity contribution is 6.00. The van der Waals surface area contributed by atoms with Crippen LogP contribution in [0.3, 0.4) is 0 Å². The lowest BCUT2D eigenvalue weighted by molar-refractivity contribution is -0.141. The molecule has 0 saturated carbocycles. The average molecular weight is 423 g/mol. The molecule has 0 bridgehead atoms. The van der Waals surface area contributed by atoms with E-state index in [1.165, 1.54) is 6.07 Å². The molecule has 2 rings (SSSR count). The monoisotopic (exact) mass is 423 g/mol. The Morgan fingerprint density at radius 2 is 2.03 bits per heavy atom. The van der Waals surface area contributed by atoms with Crippen LogP contribution >= 0.6 is 0 Å². The van der Waals surface area contributed by atoms with E-state index in [1.54, 1.807) is 12.3 Å². The number of aliphatic carboxylic acids is 1. The number of carbonyl (C=O) groups is 1. The molecule has 6 nitrogen and oxygen atoms in total. The Bertz CT molecular complexity index is 837. The summed E-state index contributed by atoms with van der Waals surface area (Å²) in [5.41, 5.74) is -0.262. The van der Waals surface area contributed by atoms with Crippen LogP contribution in [-0.2, 0) is 11.0 Å². The molecule has 0 atom stereocenters. The predicted octanol–water partition coefficient (Wildman–Crippen LogP) is 4.32. The number of hydrogen-bond acceptors (Lipinski definition) is 5. The van der Waals surface area contributed by atoms with Crippen molar-refractivity contribution >= 4 is 11.7 Å². The number of aromatic nitrogens is 1. The van der Waals surface area contributed by atoms with Gasteiger partial charge < -0.3 is 9.84 Å². The van der Waals surface area contributed by atoms with Gasteiger partial charge in [-0.3, -0.25) is 9.89 Å². The molecular weight excluding hydrogens is 399 g/mol. The summed E-state index contributed by atoms with van der Waals surface area (Å²) in [4.78, 5) is 20.8. The van der Waals surface area contributed by atoms with E-state index in [0.29, 0.717) is 31.6 Å². The van der Waals surface area contributed by atoms with Crippen molar-refractivity contribution in [3.8, 4) is 5.75 Å². The zero-order valence-electron chi connectivity index (χ0n) is 16.7. The van der Waals surface area contributed by atoms with E-state index in [4.69, 9.17) is 9.84 Å². The fourth-order valence-electron chi connectivity index (χ4n) is 3.06. The minimum absolute atomic E-state index is 0.0189. The van der Waals surface area contributed by atoms with Crippen LogP contribution in [0.5, 0.6) is 5.75 Å². The van der Waals surface area contributed by atoms with Crippen molar-refractivity contribution in [1.82, 2.24) is 9.88 Å². The molecule has 0 aliphatic carbocycles. The summed E-state index contributed by atoms with van der Waals surface area (Å²) in [7, 11) is 0. The first-order valence-electron chi connectivity index (χ1n) is 9.34.